The number of halogens is 1. The third kappa shape index (κ3) is 4.17. The van der Waals surface area contributed by atoms with Crippen molar-refractivity contribution in [3.63, 3.8) is 0 Å². The van der Waals surface area contributed by atoms with E-state index < -0.39 is 14.3 Å². The first-order valence-electron chi connectivity index (χ1n) is 5.86. The molecular formula is C13H18ClO2Si. The molecule has 0 spiro atoms. The Kier molecular flexibility index (Phi) is 5.72. The van der Waals surface area contributed by atoms with Crippen molar-refractivity contribution in [2.24, 2.45) is 0 Å². The molecule has 0 aliphatic heterocycles. The zero-order chi connectivity index (χ0) is 12.8. The Morgan fingerprint density at radius 3 is 2.65 bits per heavy atom. The average Bonchev–Trinajstić information content (AvgIpc) is 2.26. The van der Waals surface area contributed by atoms with Crippen LogP contribution in [0.2, 0.25) is 13.1 Å². The lowest BCUT2D eigenvalue weighted by Gasteiger charge is -2.16. The Balaban J connectivity index is 3.09. The van der Waals surface area contributed by atoms with Crippen LogP contribution < -0.4 is 4.43 Å². The fourth-order valence-electron chi connectivity index (χ4n) is 1.63. The van der Waals surface area contributed by atoms with E-state index >= 15 is 0 Å². The van der Waals surface area contributed by atoms with E-state index in [1.165, 1.54) is 0 Å². The highest BCUT2D eigenvalue weighted by atomic mass is 35.5. The Morgan fingerprint density at radius 2 is 2.12 bits per heavy atom. The van der Waals surface area contributed by atoms with E-state index in [9.17, 15) is 4.79 Å². The Morgan fingerprint density at radius 1 is 1.41 bits per heavy atom. The molecule has 1 radical (unpaired) electrons. The smallest absolute Gasteiger partial charge is 0.274 e. The fraction of sp³-hybridized carbons (Fsp3) is 0.462. The summed E-state index contributed by atoms with van der Waals surface area (Å²) in [7, 11) is -0.900. The van der Waals surface area contributed by atoms with Crippen molar-refractivity contribution in [3.05, 3.63) is 29.3 Å². The van der Waals surface area contributed by atoms with Gasteiger partial charge in [-0.3, -0.25) is 4.79 Å². The van der Waals surface area contributed by atoms with Crippen molar-refractivity contribution < 1.29 is 9.22 Å². The van der Waals surface area contributed by atoms with E-state index in [1.54, 1.807) is 6.07 Å². The first-order chi connectivity index (χ1) is 8.06. The number of para-hydroxylation sites is 1. The number of carbonyl (C=O) groups excluding carboxylic acids is 1. The van der Waals surface area contributed by atoms with Crippen LogP contribution in [-0.4, -0.2) is 14.3 Å². The molecule has 0 fully saturated rings. The molecule has 2 nitrogen and oxygen atoms in total. The highest BCUT2D eigenvalue weighted by molar-refractivity contribution is 6.68. The van der Waals surface area contributed by atoms with Crippen LogP contribution in [0.3, 0.4) is 0 Å². The van der Waals surface area contributed by atoms with Gasteiger partial charge in [0.25, 0.3) is 14.3 Å². The van der Waals surface area contributed by atoms with E-state index in [1.807, 2.05) is 25.2 Å². The molecule has 1 aromatic rings. The van der Waals surface area contributed by atoms with E-state index in [2.05, 4.69) is 6.92 Å². The zero-order valence-electron chi connectivity index (χ0n) is 10.5. The zero-order valence-corrected chi connectivity index (χ0v) is 12.3. The van der Waals surface area contributed by atoms with Crippen molar-refractivity contribution in [2.45, 2.75) is 39.3 Å². The summed E-state index contributed by atoms with van der Waals surface area (Å²) in [5.41, 5.74) is 1.58. The minimum atomic E-state index is -0.900. The van der Waals surface area contributed by atoms with Crippen LogP contribution in [0.25, 0.3) is 0 Å². The molecule has 1 aromatic carbocycles. The van der Waals surface area contributed by atoms with Crippen molar-refractivity contribution in [1.82, 2.24) is 0 Å². The van der Waals surface area contributed by atoms with Crippen LogP contribution in [0.4, 0.5) is 0 Å². The van der Waals surface area contributed by atoms with Gasteiger partial charge in [0.15, 0.2) is 0 Å². The molecular weight excluding hydrogens is 252 g/mol. The minimum absolute atomic E-state index is 0.443. The van der Waals surface area contributed by atoms with Gasteiger partial charge in [0.05, 0.1) is 5.56 Å². The summed E-state index contributed by atoms with van der Waals surface area (Å²) < 4.78 is 5.83. The standard InChI is InChI=1S/C13H18ClO2Si/c1-4-5-7-10-8-6-9-11(13(14)15)12(10)16-17(2)3/h6,8-9H,4-5,7H2,1-3H3. The van der Waals surface area contributed by atoms with Gasteiger partial charge in [-0.25, -0.2) is 0 Å². The van der Waals surface area contributed by atoms with E-state index in [-0.39, 0.29) is 0 Å². The minimum Gasteiger partial charge on any atom is -0.542 e. The lowest BCUT2D eigenvalue weighted by Crippen LogP contribution is -2.15. The van der Waals surface area contributed by atoms with Crippen LogP contribution >= 0.6 is 11.6 Å². The summed E-state index contributed by atoms with van der Waals surface area (Å²) in [5, 5.41) is -0.443. The Hall–Kier alpha value is -0.803. The SMILES string of the molecule is CCCCc1cccc(C(=O)Cl)c1O[Si](C)C. The summed E-state index contributed by atoms with van der Waals surface area (Å²) >= 11 is 5.59. The molecule has 0 bridgehead atoms. The second kappa shape index (κ2) is 6.82. The summed E-state index contributed by atoms with van der Waals surface area (Å²) in [6.07, 6.45) is 3.14. The van der Waals surface area contributed by atoms with Crippen LogP contribution in [0.15, 0.2) is 18.2 Å². The first kappa shape index (κ1) is 14.3. The van der Waals surface area contributed by atoms with Gasteiger partial charge in [-0.05, 0) is 49.2 Å². The molecule has 0 aliphatic rings. The molecule has 1 rings (SSSR count). The van der Waals surface area contributed by atoms with Crippen molar-refractivity contribution in [2.75, 3.05) is 0 Å². The lowest BCUT2D eigenvalue weighted by atomic mass is 10.0. The van der Waals surface area contributed by atoms with E-state index in [4.69, 9.17) is 16.0 Å². The van der Waals surface area contributed by atoms with Gasteiger partial charge < -0.3 is 4.43 Å². The Bertz CT molecular complexity index is 391. The number of benzene rings is 1. The predicted octanol–water partition coefficient (Wildman–Crippen LogP) is 4.04. The normalized spacial score (nSPS) is 10.6. The van der Waals surface area contributed by atoms with Crippen molar-refractivity contribution in [1.29, 1.82) is 0 Å². The molecule has 0 saturated heterocycles. The molecule has 0 aromatic heterocycles. The molecule has 0 unspecified atom stereocenters. The Labute approximate surface area is 110 Å². The number of unbranched alkanes of at least 4 members (excludes halogenated alkanes) is 1. The van der Waals surface area contributed by atoms with E-state index in [0.717, 1.165) is 24.8 Å². The first-order valence-corrected chi connectivity index (χ1v) is 8.64. The van der Waals surface area contributed by atoms with Crippen LogP contribution in [-0.2, 0) is 6.42 Å². The van der Waals surface area contributed by atoms with Crippen molar-refractivity contribution in [3.8, 4) is 5.75 Å². The lowest BCUT2D eigenvalue weighted by molar-refractivity contribution is 0.107. The highest BCUT2D eigenvalue weighted by Gasteiger charge is 2.15. The van der Waals surface area contributed by atoms with Gasteiger partial charge in [0.2, 0.25) is 0 Å². The molecule has 17 heavy (non-hydrogen) atoms. The number of aryl methyl sites for hydroxylation is 1. The summed E-state index contributed by atoms with van der Waals surface area (Å²) in [6, 6.07) is 5.61. The van der Waals surface area contributed by atoms with Gasteiger partial charge >= 0.3 is 0 Å². The van der Waals surface area contributed by atoms with Gasteiger partial charge in [-0.1, -0.05) is 25.5 Å². The maximum absolute atomic E-state index is 11.4. The fourth-order valence-corrected chi connectivity index (χ4v) is 2.43. The number of carbonyl (C=O) groups is 1. The summed E-state index contributed by atoms with van der Waals surface area (Å²) in [6.45, 7) is 6.24. The molecule has 0 saturated carbocycles. The molecule has 0 N–H and O–H groups in total. The summed E-state index contributed by atoms with van der Waals surface area (Å²) in [5.74, 6) is 0.694. The highest BCUT2D eigenvalue weighted by Crippen LogP contribution is 2.27. The molecule has 4 heteroatoms. The van der Waals surface area contributed by atoms with Gasteiger partial charge in [0.1, 0.15) is 5.75 Å². The number of rotatable bonds is 6. The monoisotopic (exact) mass is 269 g/mol. The predicted molar refractivity (Wildman–Crippen MR) is 73.3 cm³/mol. The maximum atomic E-state index is 11.4. The van der Waals surface area contributed by atoms with Gasteiger partial charge in [-0.2, -0.15) is 0 Å². The summed E-state index contributed by atoms with van der Waals surface area (Å²) in [4.78, 5) is 11.4. The number of hydrogen-bond donors (Lipinski definition) is 0. The largest absolute Gasteiger partial charge is 0.542 e. The molecule has 0 heterocycles. The van der Waals surface area contributed by atoms with Gasteiger partial charge in [0, 0.05) is 0 Å². The third-order valence-corrected chi connectivity index (χ3v) is 3.23. The maximum Gasteiger partial charge on any atom is 0.274 e. The van der Waals surface area contributed by atoms with Crippen molar-refractivity contribution >= 4 is 25.9 Å². The quantitative estimate of drug-likeness (QED) is 0.576. The van der Waals surface area contributed by atoms with Crippen LogP contribution in [0, 0.1) is 0 Å². The van der Waals surface area contributed by atoms with E-state index in [0.29, 0.717) is 11.3 Å². The number of hydrogen-bond acceptors (Lipinski definition) is 2. The average molecular weight is 270 g/mol. The molecule has 0 amide bonds. The van der Waals surface area contributed by atoms with Crippen LogP contribution in [0.1, 0.15) is 35.7 Å². The third-order valence-electron chi connectivity index (χ3n) is 2.41. The molecule has 93 valence electrons. The second-order valence-electron chi connectivity index (χ2n) is 4.18. The second-order valence-corrected chi connectivity index (χ2v) is 6.55. The topological polar surface area (TPSA) is 26.3 Å². The van der Waals surface area contributed by atoms with Crippen LogP contribution in [0.5, 0.6) is 5.75 Å². The molecule has 0 aliphatic carbocycles. The molecule has 0 atom stereocenters. The van der Waals surface area contributed by atoms with Gasteiger partial charge in [-0.15, -0.1) is 0 Å².